The van der Waals surface area contributed by atoms with Crippen LogP contribution in [0, 0.1) is 6.92 Å². The molecule has 0 unspecified atom stereocenters. The number of nitrogens with two attached hydrogens (primary N) is 2. The second-order valence-corrected chi connectivity index (χ2v) is 2.95. The van der Waals surface area contributed by atoms with Gasteiger partial charge < -0.3 is 11.5 Å². The maximum atomic E-state index is 5.73. The summed E-state index contributed by atoms with van der Waals surface area (Å²) in [5, 5.41) is 0. The third-order valence-electron chi connectivity index (χ3n) is 1.80. The van der Waals surface area contributed by atoms with Gasteiger partial charge in [-0.05, 0) is 37.1 Å². The number of benzene rings is 1. The lowest BCUT2D eigenvalue weighted by Crippen LogP contribution is -1.94. The van der Waals surface area contributed by atoms with Crippen molar-refractivity contribution in [1.29, 1.82) is 0 Å². The lowest BCUT2D eigenvalue weighted by atomic mass is 10.1. The van der Waals surface area contributed by atoms with Crippen molar-refractivity contribution in [3.63, 3.8) is 0 Å². The minimum absolute atomic E-state index is 0.795. The topological polar surface area (TPSA) is 52.0 Å². The van der Waals surface area contributed by atoms with E-state index in [2.05, 4.69) is 0 Å². The number of allylic oxidation sites excluding steroid dienone is 1. The number of nitrogen functional groups attached to an aromatic ring is 1. The highest BCUT2D eigenvalue weighted by Gasteiger charge is 1.96. The van der Waals surface area contributed by atoms with Crippen LogP contribution < -0.4 is 11.5 Å². The van der Waals surface area contributed by atoms with Gasteiger partial charge in [-0.3, -0.25) is 0 Å². The van der Waals surface area contributed by atoms with E-state index in [9.17, 15) is 0 Å². The molecule has 1 aromatic rings. The molecule has 0 aliphatic carbocycles. The van der Waals surface area contributed by atoms with Gasteiger partial charge in [0.25, 0.3) is 0 Å². The van der Waals surface area contributed by atoms with Crippen LogP contribution in [0.5, 0.6) is 0 Å². The van der Waals surface area contributed by atoms with Crippen molar-refractivity contribution in [2.45, 2.75) is 13.8 Å². The first-order valence-corrected chi connectivity index (χ1v) is 3.90. The molecular weight excluding hydrogens is 148 g/mol. The highest BCUT2D eigenvalue weighted by molar-refractivity contribution is 5.63. The van der Waals surface area contributed by atoms with Crippen LogP contribution in [0.4, 0.5) is 5.69 Å². The first-order valence-electron chi connectivity index (χ1n) is 3.90. The number of hydrogen-bond donors (Lipinski definition) is 2. The molecule has 12 heavy (non-hydrogen) atoms. The van der Waals surface area contributed by atoms with Crippen LogP contribution in [-0.4, -0.2) is 0 Å². The van der Waals surface area contributed by atoms with Crippen molar-refractivity contribution in [1.82, 2.24) is 0 Å². The van der Waals surface area contributed by atoms with Crippen LogP contribution in [0.3, 0.4) is 0 Å². The molecule has 0 aliphatic rings. The maximum absolute atomic E-state index is 5.73. The van der Waals surface area contributed by atoms with E-state index in [0.29, 0.717) is 0 Å². The third kappa shape index (κ3) is 1.78. The van der Waals surface area contributed by atoms with Gasteiger partial charge in [-0.2, -0.15) is 0 Å². The van der Waals surface area contributed by atoms with E-state index in [4.69, 9.17) is 11.5 Å². The van der Waals surface area contributed by atoms with E-state index >= 15 is 0 Å². The standard InChI is InChI=1S/C10H14N2/c1-7(11)6-9-4-3-5-10(12)8(9)2/h3-6H,11-12H2,1-2H3/b7-6+. The summed E-state index contributed by atoms with van der Waals surface area (Å²) in [6, 6.07) is 5.82. The van der Waals surface area contributed by atoms with Crippen LogP contribution >= 0.6 is 0 Å². The molecule has 0 atom stereocenters. The van der Waals surface area contributed by atoms with Crippen LogP contribution in [-0.2, 0) is 0 Å². The van der Waals surface area contributed by atoms with Crippen molar-refractivity contribution in [3.05, 3.63) is 35.0 Å². The van der Waals surface area contributed by atoms with Crippen molar-refractivity contribution in [3.8, 4) is 0 Å². The zero-order chi connectivity index (χ0) is 9.14. The van der Waals surface area contributed by atoms with Gasteiger partial charge in [-0.25, -0.2) is 0 Å². The summed E-state index contributed by atoms with van der Waals surface area (Å²) in [5.74, 6) is 0. The monoisotopic (exact) mass is 162 g/mol. The van der Waals surface area contributed by atoms with E-state index in [1.165, 1.54) is 0 Å². The van der Waals surface area contributed by atoms with E-state index in [1.54, 1.807) is 0 Å². The zero-order valence-electron chi connectivity index (χ0n) is 7.46. The Morgan fingerprint density at radius 2 is 2.08 bits per heavy atom. The van der Waals surface area contributed by atoms with Gasteiger partial charge in [-0.1, -0.05) is 12.1 Å². The summed E-state index contributed by atoms with van der Waals surface area (Å²) < 4.78 is 0. The molecule has 4 N–H and O–H groups in total. The van der Waals surface area contributed by atoms with Gasteiger partial charge in [0.1, 0.15) is 0 Å². The Morgan fingerprint density at radius 1 is 1.42 bits per heavy atom. The second-order valence-electron chi connectivity index (χ2n) is 2.95. The molecule has 64 valence electrons. The first-order chi connectivity index (χ1) is 5.61. The summed E-state index contributed by atoms with van der Waals surface area (Å²) in [6.45, 7) is 3.85. The molecule has 0 aliphatic heterocycles. The van der Waals surface area contributed by atoms with Crippen LogP contribution in [0.2, 0.25) is 0 Å². The molecule has 0 fully saturated rings. The van der Waals surface area contributed by atoms with Gasteiger partial charge in [0, 0.05) is 11.4 Å². The molecule has 2 heteroatoms. The largest absolute Gasteiger partial charge is 0.402 e. The van der Waals surface area contributed by atoms with Crippen LogP contribution in [0.15, 0.2) is 23.9 Å². The molecule has 0 saturated heterocycles. The van der Waals surface area contributed by atoms with Gasteiger partial charge in [0.15, 0.2) is 0 Å². The van der Waals surface area contributed by atoms with E-state index < -0.39 is 0 Å². The number of rotatable bonds is 1. The lowest BCUT2D eigenvalue weighted by molar-refractivity contribution is 1.33. The molecule has 0 heterocycles. The SMILES string of the molecule is C/C(N)=C\c1cccc(N)c1C. The minimum atomic E-state index is 0.795. The average Bonchev–Trinajstić information content (AvgIpc) is 1.98. The molecule has 0 aromatic heterocycles. The molecule has 0 amide bonds. The van der Waals surface area contributed by atoms with Crippen molar-refractivity contribution in [2.24, 2.45) is 5.73 Å². The van der Waals surface area contributed by atoms with Gasteiger partial charge in [0.2, 0.25) is 0 Å². The Kier molecular flexibility index (Phi) is 2.38. The molecule has 1 aromatic carbocycles. The van der Waals surface area contributed by atoms with Crippen molar-refractivity contribution < 1.29 is 0 Å². The summed E-state index contributed by atoms with van der Waals surface area (Å²) in [6.07, 6.45) is 1.92. The smallest absolute Gasteiger partial charge is 0.0349 e. The molecule has 1 rings (SSSR count). The van der Waals surface area contributed by atoms with Gasteiger partial charge in [0.05, 0.1) is 0 Å². The molecular formula is C10H14N2. The van der Waals surface area contributed by atoms with Crippen LogP contribution in [0.25, 0.3) is 6.08 Å². The third-order valence-corrected chi connectivity index (χ3v) is 1.80. The fraction of sp³-hybridized carbons (Fsp3) is 0.200. The lowest BCUT2D eigenvalue weighted by Gasteiger charge is -2.03. The predicted molar refractivity (Wildman–Crippen MR) is 53.4 cm³/mol. The zero-order valence-corrected chi connectivity index (χ0v) is 7.46. The second kappa shape index (κ2) is 3.30. The predicted octanol–water partition coefficient (Wildman–Crippen LogP) is 1.90. The quantitative estimate of drug-likeness (QED) is 0.619. The Bertz CT molecular complexity index is 310. The Balaban J connectivity index is 3.17. The molecule has 0 radical (unpaired) electrons. The van der Waals surface area contributed by atoms with E-state index in [0.717, 1.165) is 22.5 Å². The minimum Gasteiger partial charge on any atom is -0.402 e. The first kappa shape index (κ1) is 8.65. The van der Waals surface area contributed by atoms with Gasteiger partial charge >= 0.3 is 0 Å². The Hall–Kier alpha value is -1.44. The number of hydrogen-bond acceptors (Lipinski definition) is 2. The van der Waals surface area contributed by atoms with E-state index in [-0.39, 0.29) is 0 Å². The Morgan fingerprint density at radius 3 is 2.67 bits per heavy atom. The normalized spacial score (nSPS) is 11.7. The van der Waals surface area contributed by atoms with Crippen molar-refractivity contribution in [2.75, 3.05) is 5.73 Å². The summed E-state index contributed by atoms with van der Waals surface area (Å²) in [5.41, 5.74) is 15.1. The summed E-state index contributed by atoms with van der Waals surface area (Å²) in [7, 11) is 0. The molecule has 0 bridgehead atoms. The summed E-state index contributed by atoms with van der Waals surface area (Å²) in [4.78, 5) is 0. The van der Waals surface area contributed by atoms with Crippen molar-refractivity contribution >= 4 is 11.8 Å². The van der Waals surface area contributed by atoms with Crippen LogP contribution in [0.1, 0.15) is 18.1 Å². The fourth-order valence-corrected chi connectivity index (χ4v) is 1.07. The average molecular weight is 162 g/mol. The Labute approximate surface area is 72.9 Å². The highest BCUT2D eigenvalue weighted by atomic mass is 14.6. The maximum Gasteiger partial charge on any atom is 0.0349 e. The van der Waals surface area contributed by atoms with Gasteiger partial charge in [-0.15, -0.1) is 0 Å². The summed E-state index contributed by atoms with van der Waals surface area (Å²) >= 11 is 0. The fourth-order valence-electron chi connectivity index (χ4n) is 1.07. The molecule has 2 nitrogen and oxygen atoms in total. The highest BCUT2D eigenvalue weighted by Crippen LogP contribution is 2.17. The number of anilines is 1. The van der Waals surface area contributed by atoms with E-state index in [1.807, 2.05) is 38.1 Å². The molecule has 0 spiro atoms. The molecule has 0 saturated carbocycles.